The number of aryl methyl sites for hydroxylation is 2. The third kappa shape index (κ3) is 6.39. The van der Waals surface area contributed by atoms with Crippen LogP contribution in [0.5, 0.6) is 0 Å². The monoisotopic (exact) mass is 762 g/mol. The maximum absolute atomic E-state index is 2.56. The van der Waals surface area contributed by atoms with Crippen LogP contribution in [-0.4, -0.2) is 0 Å². The summed E-state index contributed by atoms with van der Waals surface area (Å²) >= 11 is 2.85. The van der Waals surface area contributed by atoms with Crippen molar-refractivity contribution in [3.8, 4) is 22.3 Å². The fraction of sp³-hybridized carbons (Fsp3) is 0.143. The second-order valence-corrected chi connectivity index (χ2v) is 17.8. The van der Waals surface area contributed by atoms with Crippen LogP contribution >= 0.6 is 22.7 Å². The summed E-state index contributed by atoms with van der Waals surface area (Å²) in [5, 5.41) is 0. The van der Waals surface area contributed by atoms with Crippen molar-refractivity contribution in [2.75, 3.05) is 0 Å². The number of thiophene rings is 2. The molecule has 0 spiro atoms. The molecule has 0 N–H and O–H groups in total. The average molecular weight is 765 g/mol. The Labute approximate surface area is 310 Å². The zero-order valence-corrected chi connectivity index (χ0v) is 31.9. The Balaban J connectivity index is 0.00000193. The molecule has 0 saturated carbocycles. The largest absolute Gasteiger partial charge is 1.00 e. The van der Waals surface area contributed by atoms with Crippen molar-refractivity contribution in [1.29, 1.82) is 0 Å². The molecule has 232 valence electrons. The fourth-order valence-corrected chi connectivity index (χ4v) is 14.4. The molecule has 4 aromatic carbocycles. The minimum Gasteiger partial charge on any atom is -1.00 e. The number of halogens is 2. The Kier molecular flexibility index (Phi) is 10.7. The van der Waals surface area contributed by atoms with Crippen LogP contribution < -0.4 is 24.8 Å². The second kappa shape index (κ2) is 14.8. The van der Waals surface area contributed by atoms with Gasteiger partial charge in [0.05, 0.1) is 0 Å². The first-order valence-electron chi connectivity index (χ1n) is 16.0. The van der Waals surface area contributed by atoms with Crippen molar-refractivity contribution in [1.82, 2.24) is 0 Å². The van der Waals surface area contributed by atoms with Crippen LogP contribution in [0, 0.1) is 0 Å². The van der Waals surface area contributed by atoms with Gasteiger partial charge in [0.1, 0.15) is 0 Å². The Bertz CT molecular complexity index is 1920. The van der Waals surface area contributed by atoms with Crippen LogP contribution in [0.4, 0.5) is 0 Å². The Morgan fingerprint density at radius 1 is 0.489 bits per heavy atom. The Hall–Kier alpha value is -2.78. The third-order valence-electron chi connectivity index (χ3n) is 9.22. The molecule has 2 aliphatic carbocycles. The molecule has 2 aromatic heterocycles. The normalized spacial score (nSPS) is 15.9. The van der Waals surface area contributed by atoms with Gasteiger partial charge in [0.15, 0.2) is 0 Å². The average Bonchev–Trinajstić information content (AvgIpc) is 3.90. The number of hydrogen-bond acceptors (Lipinski definition) is 2. The van der Waals surface area contributed by atoms with E-state index in [2.05, 4.69) is 147 Å². The van der Waals surface area contributed by atoms with Gasteiger partial charge in [-0.15, -0.1) is 0 Å². The molecule has 5 heteroatoms. The van der Waals surface area contributed by atoms with E-state index in [1.807, 2.05) is 22.7 Å². The molecule has 0 fully saturated rings. The van der Waals surface area contributed by atoms with Gasteiger partial charge in [-0.1, -0.05) is 0 Å². The zero-order valence-electron chi connectivity index (χ0n) is 26.3. The molecular formula is C42H34Cl2S2Zr. The van der Waals surface area contributed by atoms with Crippen LogP contribution in [0.25, 0.3) is 45.6 Å². The van der Waals surface area contributed by atoms with Crippen molar-refractivity contribution in [2.24, 2.45) is 0 Å². The molecule has 8 rings (SSSR count). The van der Waals surface area contributed by atoms with Crippen LogP contribution in [-0.2, 0) is 36.1 Å². The van der Waals surface area contributed by atoms with Crippen LogP contribution in [0.1, 0.15) is 62.9 Å². The first-order chi connectivity index (χ1) is 22.2. The molecule has 47 heavy (non-hydrogen) atoms. The predicted octanol–water partition coefficient (Wildman–Crippen LogP) is 6.25. The predicted molar refractivity (Wildman–Crippen MR) is 192 cm³/mol. The SMILES string of the molecule is CCc1ccc(C2=Cc3c(-c4ccccc4)cccc3[CH]2[Zr+2][CH]2C(c3ccc(CC)s3)=Cc3c(-c4ccccc4)cccc32)s1.[Cl-].[Cl-]. The first-order valence-corrected chi connectivity index (χ1v) is 20.4. The fourth-order valence-electron chi connectivity index (χ4n) is 6.94. The molecule has 0 amide bonds. The van der Waals surface area contributed by atoms with Crippen molar-refractivity contribution in [2.45, 2.75) is 33.9 Å². The van der Waals surface area contributed by atoms with E-state index < -0.39 is 23.2 Å². The number of allylic oxidation sites excluding steroid dienone is 2. The molecule has 2 atom stereocenters. The van der Waals surface area contributed by atoms with E-state index in [0.717, 1.165) is 12.8 Å². The zero-order chi connectivity index (χ0) is 30.3. The van der Waals surface area contributed by atoms with Gasteiger partial charge in [-0.25, -0.2) is 0 Å². The standard InChI is InChI=1S/2C21H17S.2ClH.Zr/c2*1-2-18-11-12-21(22-18)17-13-16-9-6-10-19(20(16)14-17)15-7-4-3-5-8-15;;;/h2*3-14H,2H2,1H3;2*1H;/q;;;;+2/p-2. The van der Waals surface area contributed by atoms with Crippen LogP contribution in [0.3, 0.4) is 0 Å². The molecule has 0 bridgehead atoms. The van der Waals surface area contributed by atoms with Gasteiger partial charge in [0.25, 0.3) is 0 Å². The van der Waals surface area contributed by atoms with E-state index in [9.17, 15) is 0 Å². The van der Waals surface area contributed by atoms with Gasteiger partial charge < -0.3 is 24.8 Å². The molecule has 0 saturated heterocycles. The number of rotatable bonds is 8. The van der Waals surface area contributed by atoms with Gasteiger partial charge >= 0.3 is 288 Å². The summed E-state index contributed by atoms with van der Waals surface area (Å²) in [6.07, 6.45) is 7.31. The van der Waals surface area contributed by atoms with E-state index in [1.54, 1.807) is 11.1 Å². The summed E-state index contributed by atoms with van der Waals surface area (Å²) in [4.78, 5) is 5.86. The summed E-state index contributed by atoms with van der Waals surface area (Å²) in [6.45, 7) is 4.55. The first kappa shape index (κ1) is 34.1. The van der Waals surface area contributed by atoms with Crippen molar-refractivity contribution >= 4 is 46.0 Å². The third-order valence-corrected chi connectivity index (χ3v) is 16.5. The van der Waals surface area contributed by atoms with Crippen LogP contribution in [0.2, 0.25) is 0 Å². The maximum atomic E-state index is 2.56. The minimum absolute atomic E-state index is 0. The molecule has 6 aromatic rings. The molecule has 2 aliphatic rings. The van der Waals surface area contributed by atoms with Gasteiger partial charge in [-0.3, -0.25) is 0 Å². The second-order valence-electron chi connectivity index (χ2n) is 11.8. The Morgan fingerprint density at radius 3 is 1.30 bits per heavy atom. The summed E-state index contributed by atoms with van der Waals surface area (Å²) in [5.41, 5.74) is 14.4. The van der Waals surface area contributed by atoms with Crippen molar-refractivity contribution in [3.05, 3.63) is 163 Å². The Morgan fingerprint density at radius 2 is 0.915 bits per heavy atom. The van der Waals surface area contributed by atoms with Gasteiger partial charge in [0.2, 0.25) is 0 Å². The van der Waals surface area contributed by atoms with Gasteiger partial charge in [0, 0.05) is 0 Å². The van der Waals surface area contributed by atoms with Crippen molar-refractivity contribution < 1.29 is 48.0 Å². The van der Waals surface area contributed by atoms with Gasteiger partial charge in [-0.05, 0) is 0 Å². The molecule has 0 aliphatic heterocycles. The van der Waals surface area contributed by atoms with E-state index in [0.29, 0.717) is 7.25 Å². The minimum atomic E-state index is -1.15. The summed E-state index contributed by atoms with van der Waals surface area (Å²) in [5.74, 6) is 0. The molecule has 2 unspecified atom stereocenters. The topological polar surface area (TPSA) is 0 Å². The number of fused-ring (bicyclic) bond motifs is 2. The van der Waals surface area contributed by atoms with E-state index >= 15 is 0 Å². The summed E-state index contributed by atoms with van der Waals surface area (Å²) in [7, 11) is 0. The number of hydrogen-bond donors (Lipinski definition) is 0. The van der Waals surface area contributed by atoms with E-state index in [1.165, 1.54) is 64.0 Å². The quantitative estimate of drug-likeness (QED) is 0.172. The van der Waals surface area contributed by atoms with Gasteiger partial charge in [-0.2, -0.15) is 0 Å². The molecular weight excluding hydrogens is 731 g/mol. The summed E-state index contributed by atoms with van der Waals surface area (Å²) < 4.78 is 0.974. The van der Waals surface area contributed by atoms with Crippen molar-refractivity contribution in [3.63, 3.8) is 0 Å². The summed E-state index contributed by atoms with van der Waals surface area (Å²) in [6, 6.07) is 45.6. The molecule has 0 radical (unpaired) electrons. The number of benzene rings is 4. The molecule has 2 heterocycles. The van der Waals surface area contributed by atoms with Crippen LogP contribution in [0.15, 0.2) is 121 Å². The van der Waals surface area contributed by atoms with E-state index in [-0.39, 0.29) is 24.8 Å². The smallest absolute Gasteiger partial charge is 1.00 e. The maximum Gasteiger partial charge on any atom is -1.00 e. The molecule has 0 nitrogen and oxygen atoms in total. The van der Waals surface area contributed by atoms with E-state index in [4.69, 9.17) is 0 Å².